The summed E-state index contributed by atoms with van der Waals surface area (Å²) < 4.78 is 5.90. The Morgan fingerprint density at radius 1 is 1.21 bits per heavy atom. The molecular formula is C22H21ClN4O2. The van der Waals surface area contributed by atoms with Crippen LogP contribution >= 0.6 is 11.6 Å². The van der Waals surface area contributed by atoms with Crippen LogP contribution in [0.25, 0.3) is 0 Å². The molecule has 7 heteroatoms. The molecule has 1 aromatic carbocycles. The van der Waals surface area contributed by atoms with Crippen molar-refractivity contribution < 1.29 is 9.53 Å². The minimum Gasteiger partial charge on any atom is -0.482 e. The van der Waals surface area contributed by atoms with Gasteiger partial charge in [-0.3, -0.25) is 9.78 Å². The van der Waals surface area contributed by atoms with Crippen molar-refractivity contribution in [3.63, 3.8) is 0 Å². The minimum absolute atomic E-state index is 0.249. The van der Waals surface area contributed by atoms with Gasteiger partial charge in [-0.2, -0.15) is 0 Å². The van der Waals surface area contributed by atoms with Crippen molar-refractivity contribution in [3.05, 3.63) is 76.7 Å². The van der Waals surface area contributed by atoms with E-state index in [2.05, 4.69) is 15.3 Å². The second kappa shape index (κ2) is 8.09. The van der Waals surface area contributed by atoms with Gasteiger partial charge in [-0.25, -0.2) is 4.98 Å². The molecule has 1 fully saturated rings. The van der Waals surface area contributed by atoms with Crippen LogP contribution < -0.4 is 15.8 Å². The predicted octanol–water partition coefficient (Wildman–Crippen LogP) is 4.98. The van der Waals surface area contributed by atoms with Crippen LogP contribution in [0.2, 0.25) is 5.02 Å². The highest BCUT2D eigenvalue weighted by molar-refractivity contribution is 6.30. The van der Waals surface area contributed by atoms with Crippen molar-refractivity contribution in [1.82, 2.24) is 9.97 Å². The summed E-state index contributed by atoms with van der Waals surface area (Å²) >= 11 is 5.97. The number of benzene rings is 1. The second-order valence-electron chi connectivity index (χ2n) is 7.13. The number of nitrogens with two attached hydrogens (primary N) is 1. The van der Waals surface area contributed by atoms with E-state index >= 15 is 0 Å². The molecule has 0 radical (unpaired) electrons. The van der Waals surface area contributed by atoms with E-state index in [4.69, 9.17) is 22.1 Å². The third-order valence-corrected chi connectivity index (χ3v) is 5.04. The van der Waals surface area contributed by atoms with Gasteiger partial charge in [0, 0.05) is 24.1 Å². The van der Waals surface area contributed by atoms with E-state index in [1.807, 2.05) is 37.3 Å². The molecule has 4 rings (SSSR count). The lowest BCUT2D eigenvalue weighted by Crippen LogP contribution is -2.14. The van der Waals surface area contributed by atoms with Crippen LogP contribution in [0.15, 0.2) is 54.9 Å². The lowest BCUT2D eigenvalue weighted by Gasteiger charge is -2.17. The van der Waals surface area contributed by atoms with Gasteiger partial charge in [0.1, 0.15) is 11.8 Å². The number of ether oxygens (including phenoxy) is 1. The van der Waals surface area contributed by atoms with Crippen molar-refractivity contribution in [1.29, 1.82) is 0 Å². The third kappa shape index (κ3) is 4.66. The molecule has 2 aromatic heterocycles. The first-order valence-corrected chi connectivity index (χ1v) is 9.82. The van der Waals surface area contributed by atoms with Crippen LogP contribution in [0.4, 0.5) is 11.5 Å². The second-order valence-corrected chi connectivity index (χ2v) is 7.56. The van der Waals surface area contributed by atoms with Crippen LogP contribution in [-0.4, -0.2) is 15.9 Å². The van der Waals surface area contributed by atoms with Gasteiger partial charge in [-0.15, -0.1) is 0 Å². The highest BCUT2D eigenvalue weighted by Gasteiger charge is 2.24. The Labute approximate surface area is 174 Å². The Morgan fingerprint density at radius 3 is 2.76 bits per heavy atom. The molecule has 0 saturated heterocycles. The molecule has 6 nitrogen and oxygen atoms in total. The monoisotopic (exact) mass is 408 g/mol. The average molecular weight is 409 g/mol. The fraction of sp³-hybridized carbons (Fsp3) is 0.227. The van der Waals surface area contributed by atoms with Gasteiger partial charge in [0.15, 0.2) is 11.6 Å². The summed E-state index contributed by atoms with van der Waals surface area (Å²) in [7, 11) is 0. The van der Waals surface area contributed by atoms with Gasteiger partial charge in [0.25, 0.3) is 5.91 Å². The number of nitrogen functional groups attached to an aromatic ring is 1. The van der Waals surface area contributed by atoms with Crippen molar-refractivity contribution in [2.24, 2.45) is 0 Å². The maximum absolute atomic E-state index is 12.5. The van der Waals surface area contributed by atoms with E-state index in [1.54, 1.807) is 18.3 Å². The van der Waals surface area contributed by atoms with E-state index in [9.17, 15) is 4.79 Å². The molecule has 0 bridgehead atoms. The van der Waals surface area contributed by atoms with E-state index in [0.29, 0.717) is 28.1 Å². The molecule has 0 spiro atoms. The summed E-state index contributed by atoms with van der Waals surface area (Å²) in [5.74, 6) is 1.05. The number of pyridine rings is 2. The highest BCUT2D eigenvalue weighted by Crippen LogP contribution is 2.39. The van der Waals surface area contributed by atoms with Crippen LogP contribution in [0.3, 0.4) is 0 Å². The number of anilines is 2. The summed E-state index contributed by atoms with van der Waals surface area (Å²) in [6, 6.07) is 12.8. The van der Waals surface area contributed by atoms with Crippen molar-refractivity contribution in [2.75, 3.05) is 11.1 Å². The molecule has 1 aliphatic carbocycles. The summed E-state index contributed by atoms with van der Waals surface area (Å²) in [6.07, 6.45) is 5.36. The van der Waals surface area contributed by atoms with E-state index in [0.717, 1.165) is 5.56 Å². The van der Waals surface area contributed by atoms with Gasteiger partial charge in [0.05, 0.1) is 5.02 Å². The standard InChI is InChI=1S/C22H21ClN4O2/c1-13(29-20-10-17(23)12-26-21(20)24)15-3-2-4-18(9-15)27-22(28)19-8-7-16(11-25-19)14-5-6-14/h2-4,7-14H,5-6H2,1H3,(H2,24,26)(H,27,28)/t13-/m1/s1. The fourth-order valence-electron chi connectivity index (χ4n) is 3.05. The summed E-state index contributed by atoms with van der Waals surface area (Å²) in [6.45, 7) is 1.89. The largest absolute Gasteiger partial charge is 0.482 e. The molecule has 29 heavy (non-hydrogen) atoms. The number of hydrogen-bond donors (Lipinski definition) is 2. The van der Waals surface area contributed by atoms with Crippen LogP contribution in [-0.2, 0) is 0 Å². The van der Waals surface area contributed by atoms with E-state index in [1.165, 1.54) is 24.6 Å². The molecule has 1 saturated carbocycles. The molecule has 1 amide bonds. The Bertz CT molecular complexity index is 1040. The van der Waals surface area contributed by atoms with Crippen LogP contribution in [0.1, 0.15) is 53.4 Å². The Balaban J connectivity index is 1.44. The van der Waals surface area contributed by atoms with Gasteiger partial charge in [-0.1, -0.05) is 29.8 Å². The van der Waals surface area contributed by atoms with E-state index in [-0.39, 0.29) is 17.8 Å². The molecule has 1 atom stereocenters. The first-order valence-electron chi connectivity index (χ1n) is 9.44. The normalized spacial score (nSPS) is 14.3. The number of nitrogens with zero attached hydrogens (tertiary/aromatic N) is 2. The molecule has 3 N–H and O–H groups in total. The van der Waals surface area contributed by atoms with E-state index < -0.39 is 0 Å². The lowest BCUT2D eigenvalue weighted by atomic mass is 10.1. The first kappa shape index (κ1) is 19.2. The Morgan fingerprint density at radius 2 is 2.03 bits per heavy atom. The molecule has 3 aromatic rings. The number of rotatable bonds is 6. The Kier molecular flexibility index (Phi) is 5.36. The number of nitrogens with one attached hydrogen (secondary N) is 1. The number of amides is 1. The molecule has 1 aliphatic rings. The van der Waals surface area contributed by atoms with Gasteiger partial charge in [0.2, 0.25) is 0 Å². The number of hydrogen-bond acceptors (Lipinski definition) is 5. The SMILES string of the molecule is C[C@@H](Oc1cc(Cl)cnc1N)c1cccc(NC(=O)c2ccc(C3CC3)cn2)c1. The zero-order valence-corrected chi connectivity index (χ0v) is 16.7. The van der Waals surface area contributed by atoms with Crippen LogP contribution in [0.5, 0.6) is 5.75 Å². The number of aromatic nitrogens is 2. The average Bonchev–Trinajstić information content (AvgIpc) is 3.56. The Hall–Kier alpha value is -3.12. The summed E-state index contributed by atoms with van der Waals surface area (Å²) in [4.78, 5) is 20.8. The smallest absolute Gasteiger partial charge is 0.274 e. The molecule has 0 aliphatic heterocycles. The van der Waals surface area contributed by atoms with Crippen molar-refractivity contribution >= 4 is 29.0 Å². The van der Waals surface area contributed by atoms with Crippen molar-refractivity contribution in [3.8, 4) is 5.75 Å². The maximum atomic E-state index is 12.5. The zero-order valence-electron chi connectivity index (χ0n) is 15.9. The quantitative estimate of drug-likeness (QED) is 0.600. The number of halogens is 1. The molecule has 0 unspecified atom stereocenters. The number of carbonyl (C=O) groups is 1. The highest BCUT2D eigenvalue weighted by atomic mass is 35.5. The molecular weight excluding hydrogens is 388 g/mol. The minimum atomic E-state index is -0.314. The first-order chi connectivity index (χ1) is 14.0. The molecule has 2 heterocycles. The lowest BCUT2D eigenvalue weighted by molar-refractivity contribution is 0.102. The molecule has 148 valence electrons. The maximum Gasteiger partial charge on any atom is 0.274 e. The van der Waals surface area contributed by atoms with Gasteiger partial charge >= 0.3 is 0 Å². The van der Waals surface area contributed by atoms with Gasteiger partial charge in [-0.05, 0) is 55.0 Å². The summed E-state index contributed by atoms with van der Waals surface area (Å²) in [5.41, 5.74) is 8.97. The number of carbonyl (C=O) groups excluding carboxylic acids is 1. The van der Waals surface area contributed by atoms with Gasteiger partial charge < -0.3 is 15.8 Å². The van der Waals surface area contributed by atoms with Crippen LogP contribution in [0, 0.1) is 0 Å². The fourth-order valence-corrected chi connectivity index (χ4v) is 3.19. The summed E-state index contributed by atoms with van der Waals surface area (Å²) in [5, 5.41) is 3.33. The topological polar surface area (TPSA) is 90.1 Å². The predicted molar refractivity (Wildman–Crippen MR) is 113 cm³/mol. The zero-order chi connectivity index (χ0) is 20.4. The third-order valence-electron chi connectivity index (χ3n) is 4.83. The van der Waals surface area contributed by atoms with Crippen molar-refractivity contribution in [2.45, 2.75) is 31.8 Å².